The summed E-state index contributed by atoms with van der Waals surface area (Å²) in [6, 6.07) is 1.45. The van der Waals surface area contributed by atoms with Crippen LogP contribution in [-0.2, 0) is 11.0 Å². The van der Waals surface area contributed by atoms with Crippen LogP contribution in [-0.4, -0.2) is 17.9 Å². The Morgan fingerprint density at radius 1 is 1.53 bits per heavy atom. The van der Waals surface area contributed by atoms with Gasteiger partial charge in [0.1, 0.15) is 10.9 Å². The quantitative estimate of drug-likeness (QED) is 0.867. The Hall–Kier alpha value is -1.82. The first-order chi connectivity index (χ1) is 8.66. The van der Waals surface area contributed by atoms with Crippen LogP contribution >= 0.6 is 11.3 Å². The minimum atomic E-state index is -4.69. The molecule has 0 unspecified atom stereocenters. The van der Waals surface area contributed by atoms with Gasteiger partial charge in [-0.15, -0.1) is 0 Å². The number of thiazole rings is 1. The Morgan fingerprint density at radius 3 is 2.47 bits per heavy atom. The van der Waals surface area contributed by atoms with Crippen LogP contribution in [0.25, 0.3) is 0 Å². The van der Waals surface area contributed by atoms with Gasteiger partial charge in [-0.2, -0.15) is 18.4 Å². The summed E-state index contributed by atoms with van der Waals surface area (Å²) in [5.41, 5.74) is 1.14. The number of hydrogen-bond donors (Lipinski definition) is 1. The van der Waals surface area contributed by atoms with Gasteiger partial charge in [-0.1, -0.05) is 25.2 Å². The van der Waals surface area contributed by atoms with Gasteiger partial charge in [-0.25, -0.2) is 4.98 Å². The summed E-state index contributed by atoms with van der Waals surface area (Å²) in [4.78, 5) is 14.2. The summed E-state index contributed by atoms with van der Waals surface area (Å²) in [5.74, 6) is -0.676. The van der Waals surface area contributed by atoms with Crippen LogP contribution in [0.5, 0.6) is 0 Å². The van der Waals surface area contributed by atoms with Crippen LogP contribution in [0.1, 0.15) is 24.4 Å². The Morgan fingerprint density at radius 2 is 2.11 bits per heavy atom. The minimum absolute atomic E-state index is 0.0992. The van der Waals surface area contributed by atoms with Gasteiger partial charge in [-0.3, -0.25) is 15.2 Å². The van der Waals surface area contributed by atoms with E-state index in [0.717, 1.165) is 5.01 Å². The fourth-order valence-electron chi connectivity index (χ4n) is 1.06. The third-order valence-electron chi connectivity index (χ3n) is 2.08. The number of halogens is 3. The molecule has 0 aliphatic rings. The number of aromatic nitrogens is 1. The van der Waals surface area contributed by atoms with Gasteiger partial charge < -0.3 is 0 Å². The van der Waals surface area contributed by atoms with Crippen molar-refractivity contribution in [3.8, 4) is 6.07 Å². The number of hydrazine groups is 1. The van der Waals surface area contributed by atoms with Gasteiger partial charge in [-0.05, 0) is 0 Å². The molecular formula is C10H11F3N4OS. The molecule has 0 saturated heterocycles. The molecule has 0 atom stereocenters. The molecule has 0 spiro atoms. The lowest BCUT2D eigenvalue weighted by Gasteiger charge is -2.18. The number of carbonyl (C=O) groups is 1. The molecule has 1 rings (SSSR count). The van der Waals surface area contributed by atoms with E-state index >= 15 is 0 Å². The van der Waals surface area contributed by atoms with E-state index in [9.17, 15) is 18.0 Å². The maximum atomic E-state index is 12.6. The van der Waals surface area contributed by atoms with E-state index < -0.39 is 16.7 Å². The number of hydrogen-bond acceptors (Lipinski definition) is 5. The predicted octanol–water partition coefficient (Wildman–Crippen LogP) is 2.16. The highest BCUT2D eigenvalue weighted by molar-refractivity contribution is 7.16. The number of nitriles is 1. The molecule has 104 valence electrons. The highest BCUT2D eigenvalue weighted by Gasteiger charge is 2.38. The molecule has 1 aromatic rings. The highest BCUT2D eigenvalue weighted by Crippen LogP contribution is 2.36. The molecule has 1 amide bonds. The number of carbonyl (C=O) groups excluding carboxylic acids is 1. The SMILES string of the molecule is CC(C)C(=O)NN(C)c1nc(C(F)(F)F)c(C#N)s1. The molecule has 1 N–H and O–H groups in total. The molecule has 0 fully saturated rings. The summed E-state index contributed by atoms with van der Waals surface area (Å²) in [6.07, 6.45) is -4.69. The first-order valence-corrected chi connectivity index (χ1v) is 6.00. The summed E-state index contributed by atoms with van der Waals surface area (Å²) in [7, 11) is 1.36. The van der Waals surface area contributed by atoms with Crippen LogP contribution < -0.4 is 10.4 Å². The molecule has 1 aromatic heterocycles. The molecule has 0 aliphatic heterocycles. The van der Waals surface area contributed by atoms with Gasteiger partial charge in [0.2, 0.25) is 11.0 Å². The first-order valence-electron chi connectivity index (χ1n) is 5.19. The third-order valence-corrected chi connectivity index (χ3v) is 3.11. The van der Waals surface area contributed by atoms with E-state index in [1.165, 1.54) is 13.1 Å². The number of rotatable bonds is 3. The third kappa shape index (κ3) is 3.57. The zero-order chi connectivity index (χ0) is 14.8. The van der Waals surface area contributed by atoms with E-state index in [0.29, 0.717) is 11.3 Å². The van der Waals surface area contributed by atoms with Crippen molar-refractivity contribution in [3.05, 3.63) is 10.6 Å². The second kappa shape index (κ2) is 5.44. The van der Waals surface area contributed by atoms with Crippen LogP contribution in [0.15, 0.2) is 0 Å². The maximum absolute atomic E-state index is 12.6. The Labute approximate surface area is 111 Å². The molecule has 19 heavy (non-hydrogen) atoms. The zero-order valence-corrected chi connectivity index (χ0v) is 11.2. The van der Waals surface area contributed by atoms with E-state index in [1.54, 1.807) is 13.8 Å². The summed E-state index contributed by atoms with van der Waals surface area (Å²) < 4.78 is 37.8. The Kier molecular flexibility index (Phi) is 4.36. The Bertz CT molecular complexity index is 518. The monoisotopic (exact) mass is 292 g/mol. The van der Waals surface area contributed by atoms with Gasteiger partial charge in [0.05, 0.1) is 0 Å². The lowest BCUT2D eigenvalue weighted by atomic mass is 10.2. The zero-order valence-electron chi connectivity index (χ0n) is 10.4. The largest absolute Gasteiger partial charge is 0.435 e. The van der Waals surface area contributed by atoms with Crippen molar-refractivity contribution in [1.82, 2.24) is 10.4 Å². The molecule has 9 heteroatoms. The fourth-order valence-corrected chi connectivity index (χ4v) is 1.87. The molecule has 0 aliphatic carbocycles. The Balaban J connectivity index is 3.01. The molecule has 5 nitrogen and oxygen atoms in total. The standard InChI is InChI=1S/C10H11F3N4OS/c1-5(2)8(18)16-17(3)9-15-7(10(11,12)13)6(4-14)19-9/h5H,1-3H3,(H,16,18). The fraction of sp³-hybridized carbons (Fsp3) is 0.500. The van der Waals surface area contributed by atoms with E-state index in [4.69, 9.17) is 5.26 Å². The van der Waals surface area contributed by atoms with Crippen molar-refractivity contribution >= 4 is 22.4 Å². The van der Waals surface area contributed by atoms with Crippen LogP contribution in [0, 0.1) is 17.2 Å². The summed E-state index contributed by atoms with van der Waals surface area (Å²) in [6.45, 7) is 3.29. The first kappa shape index (κ1) is 15.2. The lowest BCUT2D eigenvalue weighted by molar-refractivity contribution is -0.140. The summed E-state index contributed by atoms with van der Waals surface area (Å²) in [5, 5.41) is 9.63. The second-order valence-electron chi connectivity index (χ2n) is 3.97. The number of amides is 1. The molecule has 0 radical (unpaired) electrons. The van der Waals surface area contributed by atoms with Crippen LogP contribution in [0.3, 0.4) is 0 Å². The van der Waals surface area contributed by atoms with Gasteiger partial charge in [0.25, 0.3) is 0 Å². The smallest absolute Gasteiger partial charge is 0.273 e. The summed E-state index contributed by atoms with van der Waals surface area (Å²) >= 11 is 0.567. The van der Waals surface area contributed by atoms with Gasteiger partial charge in [0, 0.05) is 13.0 Å². The topological polar surface area (TPSA) is 69.0 Å². The number of alkyl halides is 3. The molecular weight excluding hydrogens is 281 g/mol. The van der Waals surface area contributed by atoms with Gasteiger partial charge in [0.15, 0.2) is 5.69 Å². The van der Waals surface area contributed by atoms with Crippen molar-refractivity contribution < 1.29 is 18.0 Å². The van der Waals surface area contributed by atoms with Crippen LogP contribution in [0.4, 0.5) is 18.3 Å². The maximum Gasteiger partial charge on any atom is 0.435 e. The number of nitrogens with zero attached hydrogens (tertiary/aromatic N) is 3. The van der Waals surface area contributed by atoms with Crippen molar-refractivity contribution in [2.45, 2.75) is 20.0 Å². The van der Waals surface area contributed by atoms with Crippen LogP contribution in [0.2, 0.25) is 0 Å². The van der Waals surface area contributed by atoms with Crippen molar-refractivity contribution in [2.24, 2.45) is 5.92 Å². The van der Waals surface area contributed by atoms with Gasteiger partial charge >= 0.3 is 6.18 Å². The molecule has 0 aromatic carbocycles. The van der Waals surface area contributed by atoms with E-state index in [-0.39, 0.29) is 17.0 Å². The minimum Gasteiger partial charge on any atom is -0.273 e. The molecule has 1 heterocycles. The lowest BCUT2D eigenvalue weighted by Crippen LogP contribution is -2.41. The van der Waals surface area contributed by atoms with Crippen molar-refractivity contribution in [1.29, 1.82) is 5.26 Å². The average molecular weight is 292 g/mol. The second-order valence-corrected chi connectivity index (χ2v) is 4.95. The van der Waals surface area contributed by atoms with Crippen molar-refractivity contribution in [3.63, 3.8) is 0 Å². The normalized spacial score (nSPS) is 11.3. The molecule has 0 bridgehead atoms. The average Bonchev–Trinajstić information content (AvgIpc) is 2.72. The van der Waals surface area contributed by atoms with E-state index in [1.807, 2.05) is 0 Å². The number of anilines is 1. The predicted molar refractivity (Wildman–Crippen MR) is 63.2 cm³/mol. The van der Waals surface area contributed by atoms with Crippen molar-refractivity contribution in [2.75, 3.05) is 12.1 Å². The van der Waals surface area contributed by atoms with E-state index in [2.05, 4.69) is 10.4 Å². The number of nitrogens with one attached hydrogen (secondary N) is 1. The highest BCUT2D eigenvalue weighted by atomic mass is 32.1. The molecule has 0 saturated carbocycles.